The van der Waals surface area contributed by atoms with Crippen LogP contribution in [0.5, 0.6) is 6.01 Å². The zero-order chi connectivity index (χ0) is 15.5. The maximum Gasteiger partial charge on any atom is 0.336 e. The third-order valence-electron chi connectivity index (χ3n) is 3.59. The molecule has 1 unspecified atom stereocenters. The van der Waals surface area contributed by atoms with Crippen LogP contribution < -0.4 is 4.74 Å². The van der Waals surface area contributed by atoms with Gasteiger partial charge < -0.3 is 9.64 Å². The lowest BCUT2D eigenvalue weighted by atomic mass is 10.3. The zero-order valence-electron chi connectivity index (χ0n) is 12.3. The van der Waals surface area contributed by atoms with E-state index in [4.69, 9.17) is 4.74 Å². The van der Waals surface area contributed by atoms with Gasteiger partial charge in [-0.15, -0.1) is 5.10 Å². The van der Waals surface area contributed by atoms with E-state index in [1.165, 1.54) is 0 Å². The Kier molecular flexibility index (Phi) is 4.42. The van der Waals surface area contributed by atoms with Gasteiger partial charge in [-0.2, -0.15) is 4.98 Å². The van der Waals surface area contributed by atoms with Gasteiger partial charge in [-0.05, 0) is 38.0 Å². The number of hydrogen-bond donors (Lipinski definition) is 0. The molecule has 1 aromatic carbocycles. The number of aromatic nitrogens is 3. The first-order valence-corrected chi connectivity index (χ1v) is 8.06. The van der Waals surface area contributed by atoms with Gasteiger partial charge in [0.25, 0.3) is 5.91 Å². The van der Waals surface area contributed by atoms with E-state index in [1.54, 1.807) is 17.9 Å². The number of rotatable bonds is 4. The van der Waals surface area contributed by atoms with Crippen molar-refractivity contribution in [3.8, 4) is 11.7 Å². The molecular formula is C15H17BrN4O2. The van der Waals surface area contributed by atoms with Gasteiger partial charge in [-0.25, -0.2) is 4.68 Å². The monoisotopic (exact) mass is 364 g/mol. The number of ether oxygens (including phenoxy) is 1. The third-order valence-corrected chi connectivity index (χ3v) is 4.08. The summed E-state index contributed by atoms with van der Waals surface area (Å²) in [5.74, 6) is -0.00342. The van der Waals surface area contributed by atoms with Crippen molar-refractivity contribution in [3.63, 3.8) is 0 Å². The maximum absolute atomic E-state index is 12.2. The van der Waals surface area contributed by atoms with E-state index in [1.807, 2.05) is 29.2 Å². The average Bonchev–Trinajstić information content (AvgIpc) is 3.18. The molecule has 1 aliphatic heterocycles. The SMILES string of the molecule is CC(Oc1ncn(-c2cccc(Br)c2)n1)C(=O)N1CCCC1. The number of halogens is 1. The van der Waals surface area contributed by atoms with Crippen molar-refractivity contribution in [1.82, 2.24) is 19.7 Å². The largest absolute Gasteiger partial charge is 0.449 e. The minimum Gasteiger partial charge on any atom is -0.449 e. The normalized spacial score (nSPS) is 15.8. The van der Waals surface area contributed by atoms with Gasteiger partial charge in [-0.3, -0.25) is 4.79 Å². The van der Waals surface area contributed by atoms with Crippen LogP contribution in [0.15, 0.2) is 35.1 Å². The maximum atomic E-state index is 12.2. The second-order valence-corrected chi connectivity index (χ2v) is 6.16. The minimum atomic E-state index is -0.573. The smallest absolute Gasteiger partial charge is 0.336 e. The lowest BCUT2D eigenvalue weighted by Gasteiger charge is -2.19. The Morgan fingerprint density at radius 3 is 2.86 bits per heavy atom. The molecule has 0 saturated carbocycles. The molecule has 1 atom stereocenters. The summed E-state index contributed by atoms with van der Waals surface area (Å²) < 4.78 is 8.15. The fraction of sp³-hybridized carbons (Fsp3) is 0.400. The quantitative estimate of drug-likeness (QED) is 0.835. The second-order valence-electron chi connectivity index (χ2n) is 5.24. The molecule has 1 aliphatic rings. The van der Waals surface area contributed by atoms with Crippen LogP contribution in [-0.2, 0) is 4.79 Å². The van der Waals surface area contributed by atoms with E-state index in [9.17, 15) is 4.79 Å². The molecule has 6 nitrogen and oxygen atoms in total. The van der Waals surface area contributed by atoms with Gasteiger partial charge >= 0.3 is 6.01 Å². The van der Waals surface area contributed by atoms with Gasteiger partial charge in [0.1, 0.15) is 6.33 Å². The minimum absolute atomic E-state index is 0.00342. The van der Waals surface area contributed by atoms with E-state index in [-0.39, 0.29) is 11.9 Å². The number of likely N-dealkylation sites (tertiary alicyclic amines) is 1. The summed E-state index contributed by atoms with van der Waals surface area (Å²) in [6, 6.07) is 7.91. The Hall–Kier alpha value is -1.89. The predicted octanol–water partition coefficient (Wildman–Crippen LogP) is 2.42. The van der Waals surface area contributed by atoms with Crippen molar-refractivity contribution >= 4 is 21.8 Å². The van der Waals surface area contributed by atoms with E-state index in [0.29, 0.717) is 0 Å². The topological polar surface area (TPSA) is 60.2 Å². The highest BCUT2D eigenvalue weighted by molar-refractivity contribution is 9.10. The molecule has 2 aromatic rings. The highest BCUT2D eigenvalue weighted by atomic mass is 79.9. The van der Waals surface area contributed by atoms with Gasteiger partial charge in [-0.1, -0.05) is 22.0 Å². The molecular weight excluding hydrogens is 348 g/mol. The molecule has 1 fully saturated rings. The second kappa shape index (κ2) is 6.48. The van der Waals surface area contributed by atoms with Crippen LogP contribution in [0, 0.1) is 0 Å². The zero-order valence-corrected chi connectivity index (χ0v) is 13.9. The van der Waals surface area contributed by atoms with Crippen LogP contribution in [0.3, 0.4) is 0 Å². The van der Waals surface area contributed by atoms with E-state index < -0.39 is 6.10 Å². The molecule has 1 aromatic heterocycles. The Labute approximate surface area is 137 Å². The highest BCUT2D eigenvalue weighted by Crippen LogP contribution is 2.16. The average molecular weight is 365 g/mol. The summed E-state index contributed by atoms with van der Waals surface area (Å²) in [5.41, 5.74) is 0.871. The molecule has 1 saturated heterocycles. The van der Waals surface area contributed by atoms with E-state index >= 15 is 0 Å². The highest BCUT2D eigenvalue weighted by Gasteiger charge is 2.25. The van der Waals surface area contributed by atoms with Crippen molar-refractivity contribution < 1.29 is 9.53 Å². The number of amides is 1. The number of hydrogen-bond acceptors (Lipinski definition) is 4. The van der Waals surface area contributed by atoms with Crippen LogP contribution in [0.25, 0.3) is 5.69 Å². The van der Waals surface area contributed by atoms with E-state index in [0.717, 1.165) is 36.1 Å². The van der Waals surface area contributed by atoms with Gasteiger partial charge in [0, 0.05) is 17.6 Å². The lowest BCUT2D eigenvalue weighted by molar-refractivity contribution is -0.137. The molecule has 0 N–H and O–H groups in total. The van der Waals surface area contributed by atoms with Crippen molar-refractivity contribution in [1.29, 1.82) is 0 Å². The number of carbonyl (C=O) groups is 1. The van der Waals surface area contributed by atoms with Crippen molar-refractivity contribution in [3.05, 3.63) is 35.1 Å². The Morgan fingerprint density at radius 2 is 2.14 bits per heavy atom. The fourth-order valence-electron chi connectivity index (χ4n) is 2.45. The molecule has 116 valence electrons. The molecule has 3 rings (SSSR count). The van der Waals surface area contributed by atoms with Crippen LogP contribution in [0.4, 0.5) is 0 Å². The first kappa shape index (κ1) is 15.0. The fourth-order valence-corrected chi connectivity index (χ4v) is 2.84. The van der Waals surface area contributed by atoms with Crippen molar-refractivity contribution in [2.45, 2.75) is 25.9 Å². The number of benzene rings is 1. The van der Waals surface area contributed by atoms with E-state index in [2.05, 4.69) is 26.0 Å². The number of nitrogens with zero attached hydrogens (tertiary/aromatic N) is 4. The number of carbonyl (C=O) groups excluding carboxylic acids is 1. The van der Waals surface area contributed by atoms with Crippen LogP contribution >= 0.6 is 15.9 Å². The molecule has 0 spiro atoms. The Balaban J connectivity index is 1.67. The molecule has 7 heteroatoms. The van der Waals surface area contributed by atoms with Gasteiger partial charge in [0.2, 0.25) is 0 Å². The van der Waals surface area contributed by atoms with Crippen molar-refractivity contribution in [2.75, 3.05) is 13.1 Å². The standard InChI is InChI=1S/C15H17BrN4O2/c1-11(14(21)19-7-2-3-8-19)22-15-17-10-20(18-15)13-6-4-5-12(16)9-13/h4-6,9-11H,2-3,7-8H2,1H3. The van der Waals surface area contributed by atoms with Gasteiger partial charge in [0.05, 0.1) is 5.69 Å². The first-order valence-electron chi connectivity index (χ1n) is 7.26. The first-order chi connectivity index (χ1) is 10.6. The van der Waals surface area contributed by atoms with Crippen LogP contribution in [0.1, 0.15) is 19.8 Å². The molecule has 0 aliphatic carbocycles. The Morgan fingerprint density at radius 1 is 1.36 bits per heavy atom. The summed E-state index contributed by atoms with van der Waals surface area (Å²) in [7, 11) is 0. The Bertz CT molecular complexity index is 667. The summed E-state index contributed by atoms with van der Waals surface area (Å²) in [6.45, 7) is 3.36. The van der Waals surface area contributed by atoms with Gasteiger partial charge in [0.15, 0.2) is 6.10 Å². The van der Waals surface area contributed by atoms with Crippen LogP contribution in [0.2, 0.25) is 0 Å². The summed E-state index contributed by atoms with van der Waals surface area (Å²) in [4.78, 5) is 18.1. The van der Waals surface area contributed by atoms with Crippen molar-refractivity contribution in [2.24, 2.45) is 0 Å². The summed E-state index contributed by atoms with van der Waals surface area (Å²) in [6.07, 6.45) is 3.13. The predicted molar refractivity (Wildman–Crippen MR) is 85.0 cm³/mol. The molecule has 1 amide bonds. The lowest BCUT2D eigenvalue weighted by Crippen LogP contribution is -2.38. The third kappa shape index (κ3) is 3.30. The molecule has 0 bridgehead atoms. The molecule has 22 heavy (non-hydrogen) atoms. The van der Waals surface area contributed by atoms with Crippen LogP contribution in [-0.4, -0.2) is 44.8 Å². The summed E-state index contributed by atoms with van der Waals surface area (Å²) in [5, 5.41) is 4.26. The molecule has 2 heterocycles. The summed E-state index contributed by atoms with van der Waals surface area (Å²) >= 11 is 3.42. The molecule has 0 radical (unpaired) electrons.